The molecule has 39 heavy (non-hydrogen) atoms. The Labute approximate surface area is 227 Å². The van der Waals surface area contributed by atoms with Gasteiger partial charge in [-0.2, -0.15) is 0 Å². The lowest BCUT2D eigenvalue weighted by molar-refractivity contribution is 0.0990. The second-order valence-electron chi connectivity index (χ2n) is 10.9. The molecule has 1 aliphatic heterocycles. The number of nitrogens with zero attached hydrogens (tertiary/aromatic N) is 2. The topological polar surface area (TPSA) is 50.3 Å². The lowest BCUT2D eigenvalue weighted by Gasteiger charge is -2.41. The van der Waals surface area contributed by atoms with E-state index in [0.717, 1.165) is 44.5 Å². The van der Waals surface area contributed by atoms with Crippen LogP contribution in [0.15, 0.2) is 103 Å². The highest BCUT2D eigenvalue weighted by Gasteiger charge is 2.36. The van der Waals surface area contributed by atoms with Gasteiger partial charge in [-0.1, -0.05) is 56.3 Å². The van der Waals surface area contributed by atoms with Crippen LogP contribution in [0.25, 0.3) is 28.1 Å². The summed E-state index contributed by atoms with van der Waals surface area (Å²) in [6, 6.07) is 30.2. The van der Waals surface area contributed by atoms with Crippen LogP contribution in [0.5, 0.6) is 0 Å². The van der Waals surface area contributed by atoms with Crippen molar-refractivity contribution in [1.29, 1.82) is 0 Å². The number of allylic oxidation sites excluding steroid dienone is 1. The molecule has 4 heteroatoms. The molecule has 0 amide bonds. The standard InChI is InChI=1S/C35H26N2O2/c1-35(2)28-17-21(16-27-33(38)25-18-22-8-4-5-9-23(22)19-26(25)34(27)39)11-13-31(28)37(3)32-14-12-24(20-29(32)35)30-10-6-7-15-36-30/h4-20H,1-3H3. The van der Waals surface area contributed by atoms with Gasteiger partial charge in [-0.3, -0.25) is 14.6 Å². The molecule has 0 saturated heterocycles. The van der Waals surface area contributed by atoms with Crippen LogP contribution in [0.1, 0.15) is 51.3 Å². The van der Waals surface area contributed by atoms with E-state index in [9.17, 15) is 9.59 Å². The molecule has 188 valence electrons. The smallest absolute Gasteiger partial charge is 0.197 e. The summed E-state index contributed by atoms with van der Waals surface area (Å²) in [5, 5.41) is 1.92. The molecule has 0 atom stereocenters. The quantitative estimate of drug-likeness (QED) is 0.181. The molecule has 2 heterocycles. The van der Waals surface area contributed by atoms with Crippen molar-refractivity contribution >= 4 is 39.8 Å². The predicted octanol–water partition coefficient (Wildman–Crippen LogP) is 7.77. The number of hydrogen-bond acceptors (Lipinski definition) is 4. The number of carbonyl (C=O) groups is 2. The number of benzene rings is 4. The predicted molar refractivity (Wildman–Crippen MR) is 157 cm³/mol. The molecule has 0 bridgehead atoms. The highest BCUT2D eigenvalue weighted by Crippen LogP contribution is 2.49. The number of Topliss-reactive ketones (excluding diaryl/α,β-unsaturated/α-hetero) is 2. The van der Waals surface area contributed by atoms with Crippen LogP contribution in [-0.2, 0) is 5.41 Å². The maximum atomic E-state index is 13.4. The van der Waals surface area contributed by atoms with Crippen molar-refractivity contribution in [2.45, 2.75) is 19.3 Å². The van der Waals surface area contributed by atoms with Crippen molar-refractivity contribution in [3.8, 4) is 11.3 Å². The van der Waals surface area contributed by atoms with Gasteiger partial charge in [-0.15, -0.1) is 0 Å². The first-order valence-corrected chi connectivity index (χ1v) is 13.1. The molecule has 7 rings (SSSR count). The third-order valence-electron chi connectivity index (χ3n) is 8.22. The number of anilines is 2. The third-order valence-corrected chi connectivity index (χ3v) is 8.22. The van der Waals surface area contributed by atoms with Gasteiger partial charge >= 0.3 is 0 Å². The second kappa shape index (κ2) is 8.34. The summed E-state index contributed by atoms with van der Waals surface area (Å²) >= 11 is 0. The highest BCUT2D eigenvalue weighted by molar-refractivity contribution is 6.42. The Morgan fingerprint density at radius 2 is 1.33 bits per heavy atom. The Balaban J connectivity index is 1.31. The number of ketones is 2. The molecule has 5 aromatic rings. The zero-order valence-electron chi connectivity index (χ0n) is 22.0. The van der Waals surface area contributed by atoms with Crippen molar-refractivity contribution in [3.63, 3.8) is 0 Å². The van der Waals surface area contributed by atoms with Crippen LogP contribution in [0.4, 0.5) is 11.4 Å². The Morgan fingerprint density at radius 1 is 0.718 bits per heavy atom. The first kappa shape index (κ1) is 23.3. The average Bonchev–Trinajstić information content (AvgIpc) is 3.19. The maximum absolute atomic E-state index is 13.4. The highest BCUT2D eigenvalue weighted by atomic mass is 16.2. The van der Waals surface area contributed by atoms with E-state index in [1.54, 1.807) is 6.08 Å². The number of fused-ring (bicyclic) bond motifs is 4. The molecule has 0 fully saturated rings. The lowest BCUT2D eigenvalue weighted by atomic mass is 9.72. The van der Waals surface area contributed by atoms with Crippen LogP contribution < -0.4 is 4.90 Å². The molecular weight excluding hydrogens is 480 g/mol. The van der Waals surface area contributed by atoms with Gasteiger partial charge in [0.1, 0.15) is 0 Å². The zero-order chi connectivity index (χ0) is 26.9. The Morgan fingerprint density at radius 3 is 1.97 bits per heavy atom. The monoisotopic (exact) mass is 506 g/mol. The fourth-order valence-corrected chi connectivity index (χ4v) is 6.04. The molecule has 4 aromatic carbocycles. The molecule has 1 aromatic heterocycles. The van der Waals surface area contributed by atoms with Gasteiger partial charge in [0.15, 0.2) is 11.6 Å². The molecule has 1 aliphatic carbocycles. The van der Waals surface area contributed by atoms with E-state index in [2.05, 4.69) is 61.1 Å². The summed E-state index contributed by atoms with van der Waals surface area (Å²) in [7, 11) is 2.08. The summed E-state index contributed by atoms with van der Waals surface area (Å²) < 4.78 is 0. The number of pyridine rings is 1. The fourth-order valence-electron chi connectivity index (χ4n) is 6.04. The summed E-state index contributed by atoms with van der Waals surface area (Å²) in [6.07, 6.45) is 3.57. The van der Waals surface area contributed by atoms with Crippen LogP contribution >= 0.6 is 0 Å². The first-order chi connectivity index (χ1) is 18.8. The van der Waals surface area contributed by atoms with Crippen LogP contribution in [0.3, 0.4) is 0 Å². The van der Waals surface area contributed by atoms with E-state index in [-0.39, 0.29) is 22.6 Å². The van der Waals surface area contributed by atoms with Crippen LogP contribution in [0.2, 0.25) is 0 Å². The Kier molecular flexibility index (Phi) is 4.98. The van der Waals surface area contributed by atoms with E-state index in [0.29, 0.717) is 11.1 Å². The zero-order valence-corrected chi connectivity index (χ0v) is 22.0. The Hall–Kier alpha value is -4.83. The first-order valence-electron chi connectivity index (χ1n) is 13.1. The van der Waals surface area contributed by atoms with Crippen molar-refractivity contribution < 1.29 is 9.59 Å². The largest absolute Gasteiger partial charge is 0.344 e. The van der Waals surface area contributed by atoms with Gasteiger partial charge in [-0.25, -0.2) is 0 Å². The third kappa shape index (κ3) is 3.48. The fraction of sp³-hybridized carbons (Fsp3) is 0.114. The lowest BCUT2D eigenvalue weighted by Crippen LogP contribution is -2.31. The number of carbonyl (C=O) groups excluding carboxylic acids is 2. The van der Waals surface area contributed by atoms with Crippen molar-refractivity contribution in [3.05, 3.63) is 131 Å². The van der Waals surface area contributed by atoms with Crippen molar-refractivity contribution in [2.24, 2.45) is 0 Å². The minimum atomic E-state index is -0.305. The molecule has 4 nitrogen and oxygen atoms in total. The molecule has 0 unspecified atom stereocenters. The van der Waals surface area contributed by atoms with Gasteiger partial charge in [-0.05, 0) is 82.1 Å². The van der Waals surface area contributed by atoms with Gasteiger partial charge in [0.2, 0.25) is 0 Å². The van der Waals surface area contributed by atoms with Gasteiger partial charge in [0.25, 0.3) is 0 Å². The molecule has 0 spiro atoms. The summed E-state index contributed by atoms with van der Waals surface area (Å²) in [5.41, 5.74) is 8.36. The van der Waals surface area contributed by atoms with E-state index in [1.807, 2.05) is 66.9 Å². The summed E-state index contributed by atoms with van der Waals surface area (Å²) in [6.45, 7) is 4.45. The van der Waals surface area contributed by atoms with Gasteiger partial charge in [0.05, 0.1) is 11.3 Å². The molecule has 0 saturated carbocycles. The number of hydrogen-bond donors (Lipinski definition) is 0. The average molecular weight is 507 g/mol. The van der Waals surface area contributed by atoms with E-state index < -0.39 is 0 Å². The van der Waals surface area contributed by atoms with E-state index in [1.165, 1.54) is 5.56 Å². The molecule has 2 aliphatic rings. The number of aromatic nitrogens is 1. The summed E-state index contributed by atoms with van der Waals surface area (Å²) in [5.74, 6) is -0.416. The maximum Gasteiger partial charge on any atom is 0.197 e. The normalized spacial score (nSPS) is 15.3. The summed E-state index contributed by atoms with van der Waals surface area (Å²) in [4.78, 5) is 33.5. The van der Waals surface area contributed by atoms with Crippen LogP contribution in [0, 0.1) is 0 Å². The molecule has 0 radical (unpaired) electrons. The van der Waals surface area contributed by atoms with Gasteiger partial charge < -0.3 is 4.90 Å². The SMILES string of the molecule is CN1c2ccc(C=C3C(=O)c4cc5ccccc5cc4C3=O)cc2C(C)(C)c2cc(-c3ccccn3)ccc21. The molecular formula is C35H26N2O2. The van der Waals surface area contributed by atoms with Crippen LogP contribution in [-0.4, -0.2) is 23.6 Å². The Bertz CT molecular complexity index is 1830. The van der Waals surface area contributed by atoms with E-state index in [4.69, 9.17) is 0 Å². The minimum Gasteiger partial charge on any atom is -0.344 e. The second-order valence-corrected chi connectivity index (χ2v) is 10.9. The number of rotatable bonds is 2. The minimum absolute atomic E-state index is 0.208. The van der Waals surface area contributed by atoms with Gasteiger partial charge in [0, 0.05) is 46.7 Å². The van der Waals surface area contributed by atoms with Crippen molar-refractivity contribution in [2.75, 3.05) is 11.9 Å². The van der Waals surface area contributed by atoms with Crippen molar-refractivity contribution in [1.82, 2.24) is 4.98 Å². The van der Waals surface area contributed by atoms with E-state index >= 15 is 0 Å². The molecule has 0 N–H and O–H groups in total.